The van der Waals surface area contributed by atoms with Crippen LogP contribution in [0, 0.1) is 5.82 Å². The van der Waals surface area contributed by atoms with E-state index in [1.54, 1.807) is 6.92 Å². The van der Waals surface area contributed by atoms with E-state index >= 15 is 0 Å². The van der Waals surface area contributed by atoms with Gasteiger partial charge in [0.05, 0.1) is 0 Å². The predicted molar refractivity (Wildman–Crippen MR) is 72.4 cm³/mol. The molecule has 20 heavy (non-hydrogen) atoms. The smallest absolute Gasteiger partial charge is 0.246 e. The van der Waals surface area contributed by atoms with Crippen LogP contribution in [0.15, 0.2) is 23.1 Å². The van der Waals surface area contributed by atoms with Crippen LogP contribution in [0.25, 0.3) is 0 Å². The lowest BCUT2D eigenvalue weighted by Crippen LogP contribution is -2.56. The summed E-state index contributed by atoms with van der Waals surface area (Å²) in [5.41, 5.74) is 0. The largest absolute Gasteiger partial charge is 0.353 e. The summed E-state index contributed by atoms with van der Waals surface area (Å²) in [6.45, 7) is 2.04. The standard InChI is InChI=1S/C12H14ClFN2O3S/c1-2-10-12(17)15-5-6-16(10)20(18,19)11-4-3-8(13)7-9(11)14/h3-4,7,10H,2,5-6H2,1H3,(H,15,17). The van der Waals surface area contributed by atoms with E-state index in [1.807, 2.05) is 0 Å². The first-order chi connectivity index (χ1) is 9.37. The van der Waals surface area contributed by atoms with Crippen molar-refractivity contribution in [3.8, 4) is 0 Å². The van der Waals surface area contributed by atoms with Crippen molar-refractivity contribution in [2.75, 3.05) is 13.1 Å². The number of hydrogen-bond acceptors (Lipinski definition) is 3. The molecule has 0 saturated carbocycles. The van der Waals surface area contributed by atoms with Gasteiger partial charge in [0.25, 0.3) is 0 Å². The fourth-order valence-corrected chi connectivity index (χ4v) is 4.05. The Morgan fingerprint density at radius 3 is 2.80 bits per heavy atom. The van der Waals surface area contributed by atoms with Gasteiger partial charge in [-0.2, -0.15) is 4.31 Å². The topological polar surface area (TPSA) is 66.5 Å². The van der Waals surface area contributed by atoms with Crippen molar-refractivity contribution in [2.24, 2.45) is 0 Å². The molecule has 1 saturated heterocycles. The Morgan fingerprint density at radius 1 is 1.50 bits per heavy atom. The maximum absolute atomic E-state index is 13.8. The van der Waals surface area contributed by atoms with Crippen LogP contribution in [0.3, 0.4) is 0 Å². The van der Waals surface area contributed by atoms with Crippen molar-refractivity contribution in [2.45, 2.75) is 24.3 Å². The molecular weight excluding hydrogens is 307 g/mol. The van der Waals surface area contributed by atoms with Crippen LogP contribution in [-0.2, 0) is 14.8 Å². The molecule has 1 unspecified atom stereocenters. The first kappa shape index (κ1) is 15.2. The fourth-order valence-electron chi connectivity index (χ4n) is 2.18. The summed E-state index contributed by atoms with van der Waals surface area (Å²) < 4.78 is 39.9. The van der Waals surface area contributed by atoms with Gasteiger partial charge < -0.3 is 5.32 Å². The molecule has 1 N–H and O–H groups in total. The fraction of sp³-hybridized carbons (Fsp3) is 0.417. The summed E-state index contributed by atoms with van der Waals surface area (Å²) >= 11 is 5.62. The molecule has 8 heteroatoms. The van der Waals surface area contributed by atoms with Crippen LogP contribution in [0.4, 0.5) is 4.39 Å². The Balaban J connectivity index is 2.45. The number of sulfonamides is 1. The van der Waals surface area contributed by atoms with Gasteiger partial charge in [-0.05, 0) is 24.6 Å². The minimum atomic E-state index is -4.06. The molecule has 1 heterocycles. The molecule has 1 aromatic rings. The van der Waals surface area contributed by atoms with Crippen LogP contribution in [0.2, 0.25) is 5.02 Å². The summed E-state index contributed by atoms with van der Waals surface area (Å²) in [4.78, 5) is 11.3. The van der Waals surface area contributed by atoms with E-state index in [0.717, 1.165) is 16.4 Å². The number of hydrogen-bond donors (Lipinski definition) is 1. The van der Waals surface area contributed by atoms with E-state index in [-0.39, 0.29) is 24.0 Å². The third-order valence-electron chi connectivity index (χ3n) is 3.15. The SMILES string of the molecule is CCC1C(=O)NCCN1S(=O)(=O)c1ccc(Cl)cc1F. The van der Waals surface area contributed by atoms with Crippen LogP contribution < -0.4 is 5.32 Å². The molecule has 1 fully saturated rings. The van der Waals surface area contributed by atoms with Gasteiger partial charge in [0.15, 0.2) is 0 Å². The number of nitrogens with one attached hydrogen (secondary N) is 1. The van der Waals surface area contributed by atoms with Gasteiger partial charge in [0.1, 0.15) is 16.8 Å². The predicted octanol–water partition coefficient (Wildman–Crippen LogP) is 1.38. The summed E-state index contributed by atoms with van der Waals surface area (Å²) in [5, 5.41) is 2.72. The van der Waals surface area contributed by atoms with Crippen LogP contribution in [0.5, 0.6) is 0 Å². The van der Waals surface area contributed by atoms with Crippen molar-refractivity contribution in [1.82, 2.24) is 9.62 Å². The Kier molecular flexibility index (Phi) is 4.31. The second-order valence-electron chi connectivity index (χ2n) is 4.41. The Bertz CT molecular complexity index is 636. The van der Waals surface area contributed by atoms with Gasteiger partial charge in [-0.1, -0.05) is 18.5 Å². The van der Waals surface area contributed by atoms with Gasteiger partial charge in [-0.25, -0.2) is 12.8 Å². The van der Waals surface area contributed by atoms with Gasteiger partial charge in [0.2, 0.25) is 15.9 Å². The van der Waals surface area contributed by atoms with Crippen molar-refractivity contribution in [3.63, 3.8) is 0 Å². The average molecular weight is 321 g/mol. The van der Waals surface area contributed by atoms with E-state index in [0.29, 0.717) is 6.42 Å². The molecule has 1 aromatic carbocycles. The van der Waals surface area contributed by atoms with Gasteiger partial charge in [-0.3, -0.25) is 4.79 Å². The normalized spacial score (nSPS) is 20.8. The Morgan fingerprint density at radius 2 is 2.20 bits per heavy atom. The van der Waals surface area contributed by atoms with E-state index in [2.05, 4.69) is 5.32 Å². The lowest BCUT2D eigenvalue weighted by Gasteiger charge is -2.33. The molecule has 1 aliphatic rings. The molecule has 1 atom stereocenters. The van der Waals surface area contributed by atoms with Crippen molar-refractivity contribution >= 4 is 27.5 Å². The molecule has 110 valence electrons. The molecule has 2 rings (SSSR count). The van der Waals surface area contributed by atoms with Gasteiger partial charge in [0, 0.05) is 18.1 Å². The average Bonchev–Trinajstić information content (AvgIpc) is 2.37. The number of halogens is 2. The van der Waals surface area contributed by atoms with E-state index < -0.39 is 26.8 Å². The van der Waals surface area contributed by atoms with Crippen molar-refractivity contribution in [3.05, 3.63) is 29.0 Å². The zero-order valence-electron chi connectivity index (χ0n) is 10.8. The van der Waals surface area contributed by atoms with Crippen LogP contribution in [-0.4, -0.2) is 37.8 Å². The second-order valence-corrected chi connectivity index (χ2v) is 6.70. The number of carbonyl (C=O) groups is 1. The highest BCUT2D eigenvalue weighted by atomic mass is 35.5. The summed E-state index contributed by atoms with van der Waals surface area (Å²) in [6.07, 6.45) is 0.320. The second kappa shape index (κ2) is 5.67. The van der Waals surface area contributed by atoms with E-state index in [1.165, 1.54) is 6.07 Å². The van der Waals surface area contributed by atoms with E-state index in [4.69, 9.17) is 11.6 Å². The van der Waals surface area contributed by atoms with Gasteiger partial charge in [-0.15, -0.1) is 0 Å². The minimum absolute atomic E-state index is 0.116. The first-order valence-electron chi connectivity index (χ1n) is 6.12. The lowest BCUT2D eigenvalue weighted by atomic mass is 10.2. The molecular formula is C12H14ClFN2O3S. The molecule has 1 amide bonds. The quantitative estimate of drug-likeness (QED) is 0.915. The number of carbonyl (C=O) groups excluding carboxylic acids is 1. The number of amides is 1. The number of nitrogens with zero attached hydrogens (tertiary/aromatic N) is 1. The zero-order chi connectivity index (χ0) is 14.9. The van der Waals surface area contributed by atoms with Crippen LogP contribution >= 0.6 is 11.6 Å². The third-order valence-corrected chi connectivity index (χ3v) is 5.33. The number of benzene rings is 1. The molecule has 1 aliphatic heterocycles. The molecule has 0 aliphatic carbocycles. The molecule has 0 bridgehead atoms. The van der Waals surface area contributed by atoms with Crippen molar-refractivity contribution in [1.29, 1.82) is 0 Å². The molecule has 0 radical (unpaired) electrons. The van der Waals surface area contributed by atoms with Crippen LogP contribution in [0.1, 0.15) is 13.3 Å². The molecule has 5 nitrogen and oxygen atoms in total. The minimum Gasteiger partial charge on any atom is -0.353 e. The highest BCUT2D eigenvalue weighted by Crippen LogP contribution is 2.25. The summed E-state index contributed by atoms with van der Waals surface area (Å²) in [5.74, 6) is -1.28. The molecule has 0 aromatic heterocycles. The molecule has 0 spiro atoms. The maximum atomic E-state index is 13.8. The highest BCUT2D eigenvalue weighted by Gasteiger charge is 2.38. The van der Waals surface area contributed by atoms with Crippen molar-refractivity contribution < 1.29 is 17.6 Å². The monoisotopic (exact) mass is 320 g/mol. The lowest BCUT2D eigenvalue weighted by molar-refractivity contribution is -0.126. The maximum Gasteiger partial charge on any atom is 0.246 e. The number of piperazine rings is 1. The van der Waals surface area contributed by atoms with E-state index in [9.17, 15) is 17.6 Å². The highest BCUT2D eigenvalue weighted by molar-refractivity contribution is 7.89. The van der Waals surface area contributed by atoms with Gasteiger partial charge >= 0.3 is 0 Å². The summed E-state index contributed by atoms with van der Waals surface area (Å²) in [7, 11) is -4.06. The third kappa shape index (κ3) is 2.65. The summed E-state index contributed by atoms with van der Waals surface area (Å²) in [6, 6.07) is 2.55. The zero-order valence-corrected chi connectivity index (χ0v) is 12.3. The first-order valence-corrected chi connectivity index (χ1v) is 7.94. The Labute approximate surface area is 121 Å². The number of rotatable bonds is 3. The Hall–Kier alpha value is -1.18.